The summed E-state index contributed by atoms with van der Waals surface area (Å²) in [6.07, 6.45) is 4.56. The SMILES string of the molecule is CSC1CNCC1N1CCC(CO)CC1. The average molecular weight is 230 g/mol. The second-order valence-electron chi connectivity index (χ2n) is 4.66. The van der Waals surface area contributed by atoms with Gasteiger partial charge < -0.3 is 10.4 Å². The lowest BCUT2D eigenvalue weighted by Crippen LogP contribution is -2.46. The lowest BCUT2D eigenvalue weighted by Gasteiger charge is -2.37. The van der Waals surface area contributed by atoms with Crippen LogP contribution in [0.3, 0.4) is 0 Å². The molecule has 15 heavy (non-hydrogen) atoms. The zero-order chi connectivity index (χ0) is 10.7. The van der Waals surface area contributed by atoms with Crippen molar-refractivity contribution in [3.8, 4) is 0 Å². The van der Waals surface area contributed by atoms with E-state index in [0.29, 0.717) is 12.5 Å². The van der Waals surface area contributed by atoms with E-state index < -0.39 is 0 Å². The van der Waals surface area contributed by atoms with Gasteiger partial charge in [-0.25, -0.2) is 0 Å². The van der Waals surface area contributed by atoms with Crippen LogP contribution in [0.2, 0.25) is 0 Å². The van der Waals surface area contributed by atoms with Crippen molar-refractivity contribution in [3.05, 3.63) is 0 Å². The summed E-state index contributed by atoms with van der Waals surface area (Å²) in [7, 11) is 0. The van der Waals surface area contributed by atoms with Crippen LogP contribution in [0.1, 0.15) is 12.8 Å². The zero-order valence-electron chi connectivity index (χ0n) is 9.48. The number of piperidine rings is 1. The van der Waals surface area contributed by atoms with Crippen molar-refractivity contribution in [3.63, 3.8) is 0 Å². The van der Waals surface area contributed by atoms with Crippen LogP contribution in [0.5, 0.6) is 0 Å². The molecule has 0 bridgehead atoms. The first kappa shape index (κ1) is 11.7. The summed E-state index contributed by atoms with van der Waals surface area (Å²) >= 11 is 1.99. The number of nitrogens with zero attached hydrogens (tertiary/aromatic N) is 1. The van der Waals surface area contributed by atoms with Gasteiger partial charge >= 0.3 is 0 Å². The fourth-order valence-electron chi connectivity index (χ4n) is 2.71. The Labute approximate surface area is 96.6 Å². The topological polar surface area (TPSA) is 35.5 Å². The highest BCUT2D eigenvalue weighted by Gasteiger charge is 2.33. The van der Waals surface area contributed by atoms with Gasteiger partial charge in [-0.3, -0.25) is 4.90 Å². The molecule has 2 N–H and O–H groups in total. The maximum Gasteiger partial charge on any atom is 0.0460 e. The van der Waals surface area contributed by atoms with Crippen LogP contribution in [-0.2, 0) is 0 Å². The summed E-state index contributed by atoms with van der Waals surface area (Å²) in [5.41, 5.74) is 0. The van der Waals surface area contributed by atoms with Crippen molar-refractivity contribution < 1.29 is 5.11 Å². The predicted molar refractivity (Wildman–Crippen MR) is 65.3 cm³/mol. The molecule has 2 atom stereocenters. The van der Waals surface area contributed by atoms with Crippen LogP contribution in [0.4, 0.5) is 0 Å². The Morgan fingerprint density at radius 2 is 2.07 bits per heavy atom. The third-order valence-corrected chi connectivity index (χ3v) is 4.89. The van der Waals surface area contributed by atoms with Crippen LogP contribution in [0, 0.1) is 5.92 Å². The summed E-state index contributed by atoms with van der Waals surface area (Å²) in [6, 6.07) is 0.722. The molecule has 2 rings (SSSR count). The second-order valence-corrected chi connectivity index (χ2v) is 5.74. The Balaban J connectivity index is 1.84. The highest BCUT2D eigenvalue weighted by atomic mass is 32.2. The molecule has 3 nitrogen and oxygen atoms in total. The van der Waals surface area contributed by atoms with E-state index in [9.17, 15) is 0 Å². The van der Waals surface area contributed by atoms with Gasteiger partial charge in [0.25, 0.3) is 0 Å². The number of aliphatic hydroxyl groups excluding tert-OH is 1. The van der Waals surface area contributed by atoms with E-state index >= 15 is 0 Å². The molecule has 0 aromatic carbocycles. The summed E-state index contributed by atoms with van der Waals surface area (Å²) in [4.78, 5) is 2.62. The number of rotatable bonds is 3. The van der Waals surface area contributed by atoms with Gasteiger partial charge in [-0.05, 0) is 38.1 Å². The summed E-state index contributed by atoms with van der Waals surface area (Å²) < 4.78 is 0. The van der Waals surface area contributed by atoms with E-state index in [0.717, 1.165) is 24.4 Å². The van der Waals surface area contributed by atoms with E-state index in [-0.39, 0.29) is 0 Å². The molecule has 2 aliphatic heterocycles. The molecule has 4 heteroatoms. The predicted octanol–water partition coefficient (Wildman–Crippen LogP) is 0.394. The molecule has 2 aliphatic rings. The van der Waals surface area contributed by atoms with Gasteiger partial charge in [0, 0.05) is 31.0 Å². The smallest absolute Gasteiger partial charge is 0.0460 e. The van der Waals surface area contributed by atoms with Crippen LogP contribution < -0.4 is 5.32 Å². The van der Waals surface area contributed by atoms with E-state index in [1.165, 1.54) is 25.9 Å². The average Bonchev–Trinajstić information content (AvgIpc) is 2.77. The van der Waals surface area contributed by atoms with Gasteiger partial charge in [-0.2, -0.15) is 11.8 Å². The third-order valence-electron chi connectivity index (χ3n) is 3.81. The van der Waals surface area contributed by atoms with Crippen molar-refractivity contribution in [2.45, 2.75) is 24.1 Å². The Bertz CT molecular complexity index is 195. The first-order valence-electron chi connectivity index (χ1n) is 5.93. The van der Waals surface area contributed by atoms with Crippen molar-refractivity contribution in [2.75, 3.05) is 39.0 Å². The zero-order valence-corrected chi connectivity index (χ0v) is 10.3. The van der Waals surface area contributed by atoms with Crippen LogP contribution in [0.15, 0.2) is 0 Å². The maximum absolute atomic E-state index is 9.11. The van der Waals surface area contributed by atoms with E-state index in [2.05, 4.69) is 16.5 Å². The lowest BCUT2D eigenvalue weighted by atomic mass is 9.96. The Hall–Kier alpha value is 0.230. The molecule has 0 saturated carbocycles. The number of aliphatic hydroxyl groups is 1. The van der Waals surface area contributed by atoms with Gasteiger partial charge in [-0.1, -0.05) is 0 Å². The van der Waals surface area contributed by atoms with Gasteiger partial charge in [0.1, 0.15) is 0 Å². The molecule has 2 heterocycles. The Kier molecular flexibility index (Phi) is 4.31. The molecular weight excluding hydrogens is 208 g/mol. The maximum atomic E-state index is 9.11. The highest BCUT2D eigenvalue weighted by Crippen LogP contribution is 2.25. The Morgan fingerprint density at radius 3 is 2.67 bits per heavy atom. The van der Waals surface area contributed by atoms with Gasteiger partial charge in [-0.15, -0.1) is 0 Å². The molecule has 2 saturated heterocycles. The van der Waals surface area contributed by atoms with Crippen LogP contribution >= 0.6 is 11.8 Å². The van der Waals surface area contributed by atoms with Crippen molar-refractivity contribution in [2.24, 2.45) is 5.92 Å². The minimum Gasteiger partial charge on any atom is -0.396 e. The first-order valence-corrected chi connectivity index (χ1v) is 7.22. The van der Waals surface area contributed by atoms with E-state index in [1.807, 2.05) is 11.8 Å². The number of nitrogens with one attached hydrogen (secondary N) is 1. The quantitative estimate of drug-likeness (QED) is 0.735. The molecule has 0 aromatic rings. The van der Waals surface area contributed by atoms with Gasteiger partial charge in [0.2, 0.25) is 0 Å². The number of likely N-dealkylation sites (tertiary alicyclic amines) is 1. The van der Waals surface area contributed by atoms with E-state index in [4.69, 9.17) is 5.11 Å². The molecule has 0 aromatic heterocycles. The van der Waals surface area contributed by atoms with Crippen LogP contribution in [-0.4, -0.2) is 60.3 Å². The molecule has 88 valence electrons. The second kappa shape index (κ2) is 5.53. The lowest BCUT2D eigenvalue weighted by molar-refractivity contribution is 0.108. The molecular formula is C11H22N2OS. The summed E-state index contributed by atoms with van der Waals surface area (Å²) in [5.74, 6) is 0.559. The molecule has 2 unspecified atom stereocenters. The minimum atomic E-state index is 0.378. The standard InChI is InChI=1S/C11H22N2OS/c1-15-11-7-12-6-10(11)13-4-2-9(8-14)3-5-13/h9-12,14H,2-8H2,1H3. The monoisotopic (exact) mass is 230 g/mol. The molecule has 0 aliphatic carbocycles. The highest BCUT2D eigenvalue weighted by molar-refractivity contribution is 7.99. The number of hydrogen-bond donors (Lipinski definition) is 2. The molecule has 0 amide bonds. The van der Waals surface area contributed by atoms with Gasteiger partial charge in [0.15, 0.2) is 0 Å². The molecule has 0 radical (unpaired) electrons. The van der Waals surface area contributed by atoms with Crippen molar-refractivity contribution in [1.82, 2.24) is 10.2 Å². The largest absolute Gasteiger partial charge is 0.396 e. The first-order chi connectivity index (χ1) is 7.35. The Morgan fingerprint density at radius 1 is 1.33 bits per heavy atom. The van der Waals surface area contributed by atoms with Gasteiger partial charge in [0.05, 0.1) is 0 Å². The summed E-state index contributed by atoms with van der Waals surface area (Å²) in [5, 5.41) is 13.3. The normalized spacial score (nSPS) is 34.8. The van der Waals surface area contributed by atoms with Crippen molar-refractivity contribution in [1.29, 1.82) is 0 Å². The fraction of sp³-hybridized carbons (Fsp3) is 1.00. The van der Waals surface area contributed by atoms with Crippen molar-refractivity contribution >= 4 is 11.8 Å². The number of thioether (sulfide) groups is 1. The number of hydrogen-bond acceptors (Lipinski definition) is 4. The van der Waals surface area contributed by atoms with Crippen LogP contribution in [0.25, 0.3) is 0 Å². The molecule has 2 fully saturated rings. The summed E-state index contributed by atoms with van der Waals surface area (Å²) in [6.45, 7) is 5.03. The fourth-order valence-corrected chi connectivity index (χ4v) is 3.58. The minimum absolute atomic E-state index is 0.378. The third kappa shape index (κ3) is 2.67. The van der Waals surface area contributed by atoms with E-state index in [1.54, 1.807) is 0 Å². The molecule has 0 spiro atoms.